The molecule has 186 valence electrons. The van der Waals surface area contributed by atoms with Crippen LogP contribution in [0, 0.1) is 11.8 Å². The molecule has 0 saturated carbocycles. The first kappa shape index (κ1) is 24.8. The molecule has 7 nitrogen and oxygen atoms in total. The van der Waals surface area contributed by atoms with Crippen molar-refractivity contribution in [2.24, 2.45) is 11.8 Å². The maximum atomic E-state index is 12.8. The van der Waals surface area contributed by atoms with Gasteiger partial charge in [0.15, 0.2) is 0 Å². The van der Waals surface area contributed by atoms with Gasteiger partial charge in [0.2, 0.25) is 5.91 Å². The summed E-state index contributed by atoms with van der Waals surface area (Å²) in [7, 11) is 0. The van der Waals surface area contributed by atoms with Crippen LogP contribution in [0.1, 0.15) is 56.6 Å². The van der Waals surface area contributed by atoms with Gasteiger partial charge in [0.1, 0.15) is 12.6 Å². The summed E-state index contributed by atoms with van der Waals surface area (Å²) in [6.45, 7) is 5.17. The first-order valence-corrected chi connectivity index (χ1v) is 12.5. The van der Waals surface area contributed by atoms with Crippen LogP contribution in [0.2, 0.25) is 0 Å². The zero-order valence-electron chi connectivity index (χ0n) is 20.4. The van der Waals surface area contributed by atoms with E-state index in [1.807, 2.05) is 24.3 Å². The third-order valence-electron chi connectivity index (χ3n) is 7.00. The number of carboxylic acid groups (broad SMARTS) is 1. The van der Waals surface area contributed by atoms with Gasteiger partial charge in [-0.1, -0.05) is 62.4 Å². The second kappa shape index (κ2) is 10.9. The van der Waals surface area contributed by atoms with Crippen molar-refractivity contribution in [2.75, 3.05) is 19.7 Å². The molecule has 0 aromatic heterocycles. The van der Waals surface area contributed by atoms with Gasteiger partial charge in [0.25, 0.3) is 0 Å². The molecular weight excluding hydrogens is 444 g/mol. The fourth-order valence-corrected chi connectivity index (χ4v) is 5.47. The highest BCUT2D eigenvalue weighted by atomic mass is 16.5. The Labute approximate surface area is 206 Å². The van der Waals surface area contributed by atoms with Gasteiger partial charge in [-0.3, -0.25) is 4.79 Å². The number of alkyl carbamates (subject to hydrolysis) is 1. The van der Waals surface area contributed by atoms with E-state index in [0.29, 0.717) is 31.8 Å². The molecule has 1 aliphatic heterocycles. The third kappa shape index (κ3) is 5.66. The second-order valence-electron chi connectivity index (χ2n) is 9.99. The zero-order chi connectivity index (χ0) is 24.9. The summed E-state index contributed by atoms with van der Waals surface area (Å²) >= 11 is 0. The average molecular weight is 479 g/mol. The van der Waals surface area contributed by atoms with Crippen molar-refractivity contribution in [1.82, 2.24) is 10.2 Å². The highest BCUT2D eigenvalue weighted by Gasteiger charge is 2.35. The van der Waals surface area contributed by atoms with Crippen LogP contribution in [0.4, 0.5) is 4.79 Å². The fraction of sp³-hybridized carbons (Fsp3) is 0.464. The molecule has 2 amide bonds. The van der Waals surface area contributed by atoms with E-state index in [9.17, 15) is 19.5 Å². The lowest BCUT2D eigenvalue weighted by Gasteiger charge is -2.25. The Hall–Kier alpha value is -3.35. The highest BCUT2D eigenvalue weighted by molar-refractivity contribution is 5.84. The van der Waals surface area contributed by atoms with E-state index in [-0.39, 0.29) is 30.8 Å². The van der Waals surface area contributed by atoms with Gasteiger partial charge in [-0.25, -0.2) is 9.59 Å². The number of fused-ring (bicyclic) bond motifs is 3. The lowest BCUT2D eigenvalue weighted by atomic mass is 9.93. The number of nitrogens with one attached hydrogen (secondary N) is 1. The van der Waals surface area contributed by atoms with E-state index in [1.165, 1.54) is 16.0 Å². The first-order chi connectivity index (χ1) is 16.8. The third-order valence-corrected chi connectivity index (χ3v) is 7.00. The summed E-state index contributed by atoms with van der Waals surface area (Å²) in [5.41, 5.74) is 4.66. The largest absolute Gasteiger partial charge is 0.480 e. The number of ether oxygens (including phenoxy) is 1. The van der Waals surface area contributed by atoms with Gasteiger partial charge in [0.05, 0.1) is 0 Å². The van der Waals surface area contributed by atoms with E-state index in [4.69, 9.17) is 4.74 Å². The van der Waals surface area contributed by atoms with Gasteiger partial charge < -0.3 is 20.1 Å². The smallest absolute Gasteiger partial charge is 0.407 e. The van der Waals surface area contributed by atoms with Crippen LogP contribution in [0.5, 0.6) is 0 Å². The van der Waals surface area contributed by atoms with Crippen molar-refractivity contribution in [3.63, 3.8) is 0 Å². The van der Waals surface area contributed by atoms with Gasteiger partial charge in [-0.05, 0) is 53.4 Å². The Morgan fingerprint density at radius 2 is 1.69 bits per heavy atom. The summed E-state index contributed by atoms with van der Waals surface area (Å²) in [6, 6.07) is 15.6. The van der Waals surface area contributed by atoms with Crippen molar-refractivity contribution in [1.29, 1.82) is 0 Å². The minimum atomic E-state index is -0.951. The van der Waals surface area contributed by atoms with Gasteiger partial charge in [-0.15, -0.1) is 0 Å². The summed E-state index contributed by atoms with van der Waals surface area (Å²) in [4.78, 5) is 38.4. The number of carboxylic acids is 1. The lowest BCUT2D eigenvalue weighted by molar-refractivity contribution is -0.148. The van der Waals surface area contributed by atoms with Crippen LogP contribution in [0.3, 0.4) is 0 Å². The van der Waals surface area contributed by atoms with E-state index in [0.717, 1.165) is 17.5 Å². The summed E-state index contributed by atoms with van der Waals surface area (Å²) in [5, 5.41) is 12.2. The fourth-order valence-electron chi connectivity index (χ4n) is 5.47. The molecule has 0 bridgehead atoms. The Morgan fingerprint density at radius 3 is 2.29 bits per heavy atom. The van der Waals surface area contributed by atoms with Gasteiger partial charge in [-0.2, -0.15) is 0 Å². The minimum absolute atomic E-state index is 0.00990. The van der Waals surface area contributed by atoms with Crippen LogP contribution in [-0.2, 0) is 14.3 Å². The second-order valence-corrected chi connectivity index (χ2v) is 9.99. The van der Waals surface area contributed by atoms with Crippen LogP contribution < -0.4 is 5.32 Å². The number of carbonyl (C=O) groups excluding carboxylic acids is 2. The molecule has 2 aliphatic rings. The number of carbonyl (C=O) groups is 3. The van der Waals surface area contributed by atoms with Crippen molar-refractivity contribution >= 4 is 18.0 Å². The number of nitrogens with zero attached hydrogens (tertiary/aromatic N) is 1. The Morgan fingerprint density at radius 1 is 1.06 bits per heavy atom. The lowest BCUT2D eigenvalue weighted by Crippen LogP contribution is -2.42. The molecule has 2 aromatic rings. The van der Waals surface area contributed by atoms with E-state index < -0.39 is 18.1 Å². The topological polar surface area (TPSA) is 95.9 Å². The molecule has 2 atom stereocenters. The van der Waals surface area contributed by atoms with Gasteiger partial charge >= 0.3 is 12.1 Å². The molecule has 0 radical (unpaired) electrons. The molecule has 1 fully saturated rings. The first-order valence-electron chi connectivity index (χ1n) is 12.5. The number of hydrogen-bond acceptors (Lipinski definition) is 4. The number of likely N-dealkylation sites (tertiary alicyclic amines) is 1. The highest BCUT2D eigenvalue weighted by Crippen LogP contribution is 2.44. The SMILES string of the molecule is CC(C)C[C@H](CNC(=O)OCC1c2ccccc2-c2ccccc21)CC(=O)N1CCC[C@H]1C(=O)O. The van der Waals surface area contributed by atoms with E-state index in [2.05, 4.69) is 43.4 Å². The van der Waals surface area contributed by atoms with Crippen LogP contribution in [0.25, 0.3) is 11.1 Å². The normalized spacial score (nSPS) is 17.7. The Kier molecular flexibility index (Phi) is 7.73. The number of benzene rings is 2. The van der Waals surface area contributed by atoms with Crippen molar-refractivity contribution in [2.45, 2.75) is 51.5 Å². The summed E-state index contributed by atoms with van der Waals surface area (Å²) < 4.78 is 5.63. The summed E-state index contributed by atoms with van der Waals surface area (Å²) in [5.74, 6) is -0.865. The Balaban J connectivity index is 1.33. The van der Waals surface area contributed by atoms with Crippen LogP contribution >= 0.6 is 0 Å². The average Bonchev–Trinajstić information content (AvgIpc) is 3.45. The quantitative estimate of drug-likeness (QED) is 0.547. The molecular formula is C28H34N2O5. The predicted octanol–water partition coefficient (Wildman–Crippen LogP) is 4.65. The molecule has 2 N–H and O–H groups in total. The molecule has 7 heteroatoms. The molecule has 4 rings (SSSR count). The summed E-state index contributed by atoms with van der Waals surface area (Å²) in [6.07, 6.45) is 1.66. The number of rotatable bonds is 9. The monoisotopic (exact) mass is 478 g/mol. The molecule has 2 aromatic carbocycles. The number of amides is 2. The molecule has 35 heavy (non-hydrogen) atoms. The van der Waals surface area contributed by atoms with Crippen molar-refractivity contribution in [3.05, 3.63) is 59.7 Å². The standard InChI is InChI=1S/C28H34N2O5/c1-18(2)14-19(15-26(31)30-13-7-12-25(30)27(32)33)16-29-28(34)35-17-24-22-10-5-3-8-20(22)21-9-4-6-11-23(21)24/h3-6,8-11,18-19,24-25H,7,12-17H2,1-2H3,(H,29,34)(H,32,33)/t19-,25-/m0/s1. The van der Waals surface area contributed by atoms with Crippen LogP contribution in [0.15, 0.2) is 48.5 Å². The zero-order valence-corrected chi connectivity index (χ0v) is 20.4. The minimum Gasteiger partial charge on any atom is -0.480 e. The van der Waals surface area contributed by atoms with E-state index in [1.54, 1.807) is 0 Å². The molecule has 0 unspecified atom stereocenters. The molecule has 1 saturated heterocycles. The van der Waals surface area contributed by atoms with Crippen LogP contribution in [-0.4, -0.2) is 53.7 Å². The van der Waals surface area contributed by atoms with Crippen molar-refractivity contribution < 1.29 is 24.2 Å². The number of hydrogen-bond donors (Lipinski definition) is 2. The Bertz CT molecular complexity index is 1040. The van der Waals surface area contributed by atoms with Gasteiger partial charge in [0, 0.05) is 25.4 Å². The molecule has 1 heterocycles. The van der Waals surface area contributed by atoms with Crippen molar-refractivity contribution in [3.8, 4) is 11.1 Å². The number of aliphatic carboxylic acids is 1. The molecule has 1 aliphatic carbocycles. The van der Waals surface area contributed by atoms with E-state index >= 15 is 0 Å². The molecule has 0 spiro atoms. The maximum Gasteiger partial charge on any atom is 0.407 e. The maximum absolute atomic E-state index is 12.8. The predicted molar refractivity (Wildman–Crippen MR) is 133 cm³/mol.